The SMILES string of the molecule is CCNc1ccc(Cl)c(COCC(F)(F)F)n1. The number of ether oxygens (including phenoxy) is 1. The van der Waals surface area contributed by atoms with Gasteiger partial charge >= 0.3 is 6.18 Å². The minimum absolute atomic E-state index is 0.266. The van der Waals surface area contributed by atoms with Gasteiger partial charge in [0, 0.05) is 6.54 Å². The van der Waals surface area contributed by atoms with Gasteiger partial charge in [0.05, 0.1) is 17.3 Å². The molecule has 0 spiro atoms. The second-order valence-electron chi connectivity index (χ2n) is 3.26. The Hall–Kier alpha value is -1.01. The van der Waals surface area contributed by atoms with Crippen LogP contribution in [0.2, 0.25) is 5.02 Å². The summed E-state index contributed by atoms with van der Waals surface area (Å²) in [4.78, 5) is 4.05. The van der Waals surface area contributed by atoms with Gasteiger partial charge in [0.1, 0.15) is 12.4 Å². The summed E-state index contributed by atoms with van der Waals surface area (Å²) in [5.74, 6) is 0.558. The topological polar surface area (TPSA) is 34.1 Å². The van der Waals surface area contributed by atoms with E-state index in [1.165, 1.54) is 0 Å². The predicted octanol–water partition coefficient (Wildman–Crippen LogP) is 3.25. The van der Waals surface area contributed by atoms with Crippen LogP contribution in [0.3, 0.4) is 0 Å². The van der Waals surface area contributed by atoms with Crippen molar-refractivity contribution in [3.8, 4) is 0 Å². The summed E-state index contributed by atoms with van der Waals surface area (Å²) < 4.78 is 40.1. The lowest BCUT2D eigenvalue weighted by Gasteiger charge is -2.09. The molecule has 1 rings (SSSR count). The second-order valence-corrected chi connectivity index (χ2v) is 3.67. The molecule has 7 heteroatoms. The van der Waals surface area contributed by atoms with Gasteiger partial charge in [-0.2, -0.15) is 13.2 Å². The average molecular weight is 269 g/mol. The highest BCUT2D eigenvalue weighted by molar-refractivity contribution is 6.31. The Kier molecular flexibility index (Phi) is 5.02. The highest BCUT2D eigenvalue weighted by Crippen LogP contribution is 2.19. The average Bonchev–Trinajstić information content (AvgIpc) is 2.21. The van der Waals surface area contributed by atoms with Crippen molar-refractivity contribution in [2.24, 2.45) is 0 Å². The van der Waals surface area contributed by atoms with Gasteiger partial charge in [-0.3, -0.25) is 0 Å². The molecule has 0 aliphatic carbocycles. The first-order valence-electron chi connectivity index (χ1n) is 4.96. The molecule has 1 aromatic rings. The number of rotatable bonds is 5. The Morgan fingerprint density at radius 1 is 1.41 bits per heavy atom. The number of nitrogens with one attached hydrogen (secondary N) is 1. The van der Waals surface area contributed by atoms with E-state index in [0.29, 0.717) is 12.4 Å². The number of hydrogen-bond acceptors (Lipinski definition) is 3. The number of nitrogens with zero attached hydrogens (tertiary/aromatic N) is 1. The quantitative estimate of drug-likeness (QED) is 0.890. The molecule has 96 valence electrons. The van der Waals surface area contributed by atoms with Crippen LogP contribution in [0.4, 0.5) is 19.0 Å². The summed E-state index contributed by atoms with van der Waals surface area (Å²) in [6, 6.07) is 3.22. The van der Waals surface area contributed by atoms with Crippen molar-refractivity contribution in [2.75, 3.05) is 18.5 Å². The van der Waals surface area contributed by atoms with E-state index < -0.39 is 12.8 Å². The van der Waals surface area contributed by atoms with Crippen molar-refractivity contribution in [1.29, 1.82) is 0 Å². The number of hydrogen-bond donors (Lipinski definition) is 1. The molecule has 0 atom stereocenters. The maximum atomic E-state index is 11.9. The minimum atomic E-state index is -4.34. The van der Waals surface area contributed by atoms with Crippen LogP contribution in [0.15, 0.2) is 12.1 Å². The molecule has 1 heterocycles. The maximum absolute atomic E-state index is 11.9. The Balaban J connectivity index is 2.60. The number of anilines is 1. The third-order valence-electron chi connectivity index (χ3n) is 1.78. The second kappa shape index (κ2) is 6.07. The zero-order valence-corrected chi connectivity index (χ0v) is 9.90. The summed E-state index contributed by atoms with van der Waals surface area (Å²) in [7, 11) is 0. The van der Waals surface area contributed by atoms with Crippen molar-refractivity contribution in [3.63, 3.8) is 0 Å². The Morgan fingerprint density at radius 2 is 2.12 bits per heavy atom. The monoisotopic (exact) mass is 268 g/mol. The number of aromatic nitrogens is 1. The van der Waals surface area contributed by atoms with Crippen LogP contribution >= 0.6 is 11.6 Å². The number of halogens is 4. The standard InChI is InChI=1S/C10H12ClF3N2O/c1-2-15-9-4-3-7(11)8(16-9)5-17-6-10(12,13)14/h3-4H,2,5-6H2,1H3,(H,15,16). The van der Waals surface area contributed by atoms with Crippen LogP contribution < -0.4 is 5.32 Å². The summed E-state index contributed by atoms with van der Waals surface area (Å²) >= 11 is 5.79. The lowest BCUT2D eigenvalue weighted by atomic mass is 10.3. The zero-order chi connectivity index (χ0) is 12.9. The normalized spacial score (nSPS) is 11.6. The van der Waals surface area contributed by atoms with Gasteiger partial charge < -0.3 is 10.1 Å². The van der Waals surface area contributed by atoms with E-state index in [2.05, 4.69) is 15.0 Å². The fourth-order valence-corrected chi connectivity index (χ4v) is 1.29. The predicted molar refractivity (Wildman–Crippen MR) is 59.1 cm³/mol. The Labute approximate surface area is 102 Å². The van der Waals surface area contributed by atoms with Crippen molar-refractivity contribution in [2.45, 2.75) is 19.7 Å². The summed E-state index contributed by atoms with van der Waals surface area (Å²) in [6.07, 6.45) is -4.34. The lowest BCUT2D eigenvalue weighted by molar-refractivity contribution is -0.176. The van der Waals surface area contributed by atoms with Crippen LogP contribution in [0, 0.1) is 0 Å². The summed E-state index contributed by atoms with van der Waals surface area (Å²) in [5.41, 5.74) is 0.286. The fraction of sp³-hybridized carbons (Fsp3) is 0.500. The van der Waals surface area contributed by atoms with Gasteiger partial charge in [0.15, 0.2) is 0 Å². The first kappa shape index (κ1) is 14.1. The van der Waals surface area contributed by atoms with Crippen molar-refractivity contribution >= 4 is 17.4 Å². The highest BCUT2D eigenvalue weighted by atomic mass is 35.5. The maximum Gasteiger partial charge on any atom is 0.411 e. The molecule has 1 N–H and O–H groups in total. The zero-order valence-electron chi connectivity index (χ0n) is 9.14. The smallest absolute Gasteiger partial charge is 0.370 e. The molecule has 1 aromatic heterocycles. The van der Waals surface area contributed by atoms with Crippen molar-refractivity contribution in [3.05, 3.63) is 22.8 Å². The molecule has 0 aromatic carbocycles. The van der Waals surface area contributed by atoms with Crippen molar-refractivity contribution < 1.29 is 17.9 Å². The van der Waals surface area contributed by atoms with E-state index in [4.69, 9.17) is 11.6 Å². The molecule has 3 nitrogen and oxygen atoms in total. The Morgan fingerprint density at radius 3 is 2.71 bits per heavy atom. The van der Waals surface area contributed by atoms with Crippen LogP contribution in [0.25, 0.3) is 0 Å². The van der Waals surface area contributed by atoms with Crippen LogP contribution in [0.5, 0.6) is 0 Å². The van der Waals surface area contributed by atoms with Gasteiger partial charge in [-0.05, 0) is 19.1 Å². The molecule has 0 bridgehead atoms. The van der Waals surface area contributed by atoms with Gasteiger partial charge in [-0.25, -0.2) is 4.98 Å². The fourth-order valence-electron chi connectivity index (χ4n) is 1.13. The third-order valence-corrected chi connectivity index (χ3v) is 2.13. The van der Waals surface area contributed by atoms with Gasteiger partial charge in [0.25, 0.3) is 0 Å². The molecule has 0 amide bonds. The summed E-state index contributed by atoms with van der Waals surface area (Å²) in [6.45, 7) is 0.974. The molecule has 17 heavy (non-hydrogen) atoms. The van der Waals surface area contributed by atoms with E-state index in [1.54, 1.807) is 12.1 Å². The van der Waals surface area contributed by atoms with Crippen LogP contribution in [0.1, 0.15) is 12.6 Å². The summed E-state index contributed by atoms with van der Waals surface area (Å²) in [5, 5.41) is 3.22. The number of pyridine rings is 1. The van der Waals surface area contributed by atoms with E-state index in [9.17, 15) is 13.2 Å². The van der Waals surface area contributed by atoms with E-state index in [1.807, 2.05) is 6.92 Å². The molecule has 0 saturated heterocycles. The van der Waals surface area contributed by atoms with Crippen LogP contribution in [-0.4, -0.2) is 24.3 Å². The Bertz CT molecular complexity index is 371. The molecule has 0 fully saturated rings. The van der Waals surface area contributed by atoms with E-state index >= 15 is 0 Å². The van der Waals surface area contributed by atoms with Crippen molar-refractivity contribution in [1.82, 2.24) is 4.98 Å². The third kappa shape index (κ3) is 5.23. The first-order valence-corrected chi connectivity index (χ1v) is 5.34. The van der Waals surface area contributed by atoms with E-state index in [0.717, 1.165) is 0 Å². The van der Waals surface area contributed by atoms with Gasteiger partial charge in [-0.15, -0.1) is 0 Å². The lowest BCUT2D eigenvalue weighted by Crippen LogP contribution is -2.17. The molecular weight excluding hydrogens is 257 g/mol. The largest absolute Gasteiger partial charge is 0.411 e. The highest BCUT2D eigenvalue weighted by Gasteiger charge is 2.27. The van der Waals surface area contributed by atoms with E-state index in [-0.39, 0.29) is 17.3 Å². The first-order chi connectivity index (χ1) is 7.92. The van der Waals surface area contributed by atoms with Crippen LogP contribution in [-0.2, 0) is 11.3 Å². The van der Waals surface area contributed by atoms with Gasteiger partial charge in [0.2, 0.25) is 0 Å². The molecule has 0 aliphatic rings. The molecule has 0 radical (unpaired) electrons. The molecule has 0 unspecified atom stereocenters. The number of alkyl halides is 3. The van der Waals surface area contributed by atoms with Gasteiger partial charge in [-0.1, -0.05) is 11.6 Å². The molecular formula is C10H12ClF3N2O. The molecule has 0 saturated carbocycles. The molecule has 0 aliphatic heterocycles. The minimum Gasteiger partial charge on any atom is -0.370 e.